The van der Waals surface area contributed by atoms with E-state index in [2.05, 4.69) is 5.32 Å². The molecule has 1 aliphatic heterocycles. The van der Waals surface area contributed by atoms with Gasteiger partial charge in [-0.1, -0.05) is 44.2 Å². The summed E-state index contributed by atoms with van der Waals surface area (Å²) in [4.78, 5) is 22.8. The second-order valence-corrected chi connectivity index (χ2v) is 5.92. The van der Waals surface area contributed by atoms with E-state index in [9.17, 15) is 14.7 Å². The molecule has 4 atom stereocenters. The van der Waals surface area contributed by atoms with Crippen LogP contribution in [0.5, 0.6) is 0 Å². The van der Waals surface area contributed by atoms with Crippen LogP contribution in [0.25, 0.3) is 0 Å². The number of amides is 1. The van der Waals surface area contributed by atoms with Crippen LogP contribution in [0.4, 0.5) is 0 Å². The summed E-state index contributed by atoms with van der Waals surface area (Å²) in [6.07, 6.45) is -2.31. The van der Waals surface area contributed by atoms with Crippen molar-refractivity contribution in [2.24, 2.45) is 5.92 Å². The van der Waals surface area contributed by atoms with Gasteiger partial charge >= 0.3 is 5.97 Å². The molecule has 6 nitrogen and oxygen atoms in total. The van der Waals surface area contributed by atoms with Gasteiger partial charge in [-0.2, -0.15) is 0 Å². The van der Waals surface area contributed by atoms with E-state index in [0.717, 1.165) is 0 Å². The monoisotopic (exact) mass is 307 g/mol. The largest absolute Gasteiger partial charge is 0.479 e. The maximum Gasteiger partial charge on any atom is 0.336 e. The molecule has 0 aromatic heterocycles. The van der Waals surface area contributed by atoms with Crippen molar-refractivity contribution in [3.8, 4) is 0 Å². The molecule has 0 radical (unpaired) electrons. The number of aliphatic hydroxyl groups excluding tert-OH is 1. The Morgan fingerprint density at radius 3 is 2.36 bits per heavy atom. The van der Waals surface area contributed by atoms with E-state index < -0.39 is 36.2 Å². The summed E-state index contributed by atoms with van der Waals surface area (Å²) in [7, 11) is 0. The van der Waals surface area contributed by atoms with Crippen molar-refractivity contribution in [2.45, 2.75) is 44.6 Å². The van der Waals surface area contributed by atoms with Crippen LogP contribution in [0.15, 0.2) is 30.3 Å². The maximum absolute atomic E-state index is 12.0. The average Bonchev–Trinajstić information content (AvgIpc) is 3.27. The number of epoxide rings is 1. The fourth-order valence-electron chi connectivity index (χ4n) is 2.42. The highest BCUT2D eigenvalue weighted by atomic mass is 16.6. The number of nitrogens with one attached hydrogen (secondary N) is 1. The van der Waals surface area contributed by atoms with Crippen LogP contribution in [0.2, 0.25) is 0 Å². The molecule has 1 saturated heterocycles. The van der Waals surface area contributed by atoms with Crippen molar-refractivity contribution in [2.75, 3.05) is 0 Å². The molecular weight excluding hydrogens is 286 g/mol. The second kappa shape index (κ2) is 6.89. The number of aliphatic carboxylic acids is 1. The van der Waals surface area contributed by atoms with Crippen LogP contribution in [-0.2, 0) is 14.3 Å². The molecule has 0 saturated carbocycles. The molecule has 1 aromatic rings. The third-order valence-corrected chi connectivity index (χ3v) is 3.57. The SMILES string of the molecule is CC(C)C[C@H](NC(=O)[C@@H]1O[C@H]1C(=O)O)[C@H](O)c1ccccc1. The lowest BCUT2D eigenvalue weighted by atomic mass is 9.94. The molecule has 2 rings (SSSR count). The second-order valence-electron chi connectivity index (χ2n) is 5.92. The highest BCUT2D eigenvalue weighted by Crippen LogP contribution is 2.25. The van der Waals surface area contributed by atoms with Gasteiger partial charge in [0.15, 0.2) is 12.2 Å². The summed E-state index contributed by atoms with van der Waals surface area (Å²) in [5, 5.41) is 22.0. The van der Waals surface area contributed by atoms with Crippen molar-refractivity contribution in [1.82, 2.24) is 5.32 Å². The van der Waals surface area contributed by atoms with Crippen molar-refractivity contribution in [3.05, 3.63) is 35.9 Å². The van der Waals surface area contributed by atoms with Crippen molar-refractivity contribution < 1.29 is 24.5 Å². The Morgan fingerprint density at radius 2 is 1.86 bits per heavy atom. The Bertz CT molecular complexity index is 531. The molecule has 3 N–H and O–H groups in total. The number of carboxylic acid groups (broad SMARTS) is 1. The number of carbonyl (C=O) groups excluding carboxylic acids is 1. The Morgan fingerprint density at radius 1 is 1.23 bits per heavy atom. The smallest absolute Gasteiger partial charge is 0.336 e. The van der Waals surface area contributed by atoms with E-state index in [1.54, 1.807) is 12.1 Å². The first-order valence-corrected chi connectivity index (χ1v) is 7.31. The highest BCUT2D eigenvalue weighted by Gasteiger charge is 2.51. The predicted octanol–water partition coefficient (Wildman–Crippen LogP) is 1.10. The van der Waals surface area contributed by atoms with Crippen LogP contribution < -0.4 is 5.32 Å². The number of hydrogen-bond donors (Lipinski definition) is 3. The average molecular weight is 307 g/mol. The van der Waals surface area contributed by atoms with E-state index in [0.29, 0.717) is 12.0 Å². The fourth-order valence-corrected chi connectivity index (χ4v) is 2.42. The molecule has 22 heavy (non-hydrogen) atoms. The maximum atomic E-state index is 12.0. The van der Waals surface area contributed by atoms with Gasteiger partial charge in [-0.25, -0.2) is 4.79 Å². The number of carbonyl (C=O) groups is 2. The molecule has 0 bridgehead atoms. The Balaban J connectivity index is 2.03. The molecule has 1 aromatic carbocycles. The Hall–Kier alpha value is -1.92. The first-order valence-electron chi connectivity index (χ1n) is 7.31. The first-order chi connectivity index (χ1) is 10.4. The fraction of sp³-hybridized carbons (Fsp3) is 0.500. The van der Waals surface area contributed by atoms with Gasteiger partial charge in [-0.05, 0) is 17.9 Å². The Labute approximate surface area is 129 Å². The third-order valence-electron chi connectivity index (χ3n) is 3.57. The molecule has 6 heteroatoms. The van der Waals surface area contributed by atoms with Crippen LogP contribution >= 0.6 is 0 Å². The lowest BCUT2D eigenvalue weighted by molar-refractivity contribution is -0.138. The lowest BCUT2D eigenvalue weighted by Gasteiger charge is -2.26. The van der Waals surface area contributed by atoms with Crippen LogP contribution in [0.1, 0.15) is 31.9 Å². The minimum Gasteiger partial charge on any atom is -0.479 e. The van der Waals surface area contributed by atoms with E-state index in [1.807, 2.05) is 32.0 Å². The quantitative estimate of drug-likeness (QED) is 0.655. The molecule has 0 unspecified atom stereocenters. The van der Waals surface area contributed by atoms with Crippen LogP contribution in [0, 0.1) is 5.92 Å². The number of aliphatic hydroxyl groups is 1. The number of carboxylic acids is 1. The van der Waals surface area contributed by atoms with E-state index >= 15 is 0 Å². The number of ether oxygens (including phenoxy) is 1. The van der Waals surface area contributed by atoms with Gasteiger partial charge in [0.05, 0.1) is 12.1 Å². The minimum atomic E-state index is -1.15. The van der Waals surface area contributed by atoms with Gasteiger partial charge in [0.1, 0.15) is 0 Å². The first kappa shape index (κ1) is 16.5. The predicted molar refractivity (Wildman–Crippen MR) is 79.1 cm³/mol. The topological polar surface area (TPSA) is 99.2 Å². The summed E-state index contributed by atoms with van der Waals surface area (Å²) in [5.74, 6) is -1.38. The molecule has 120 valence electrons. The number of benzene rings is 1. The van der Waals surface area contributed by atoms with Crippen LogP contribution in [-0.4, -0.2) is 40.3 Å². The standard InChI is InChI=1S/C16H21NO5/c1-9(2)8-11(12(18)10-6-4-3-5-7-10)17-15(19)13-14(22-13)16(20)21/h3-7,9,11-14,18H,8H2,1-2H3,(H,17,19)(H,20,21)/t11-,12+,13+,14+/m0/s1. The third kappa shape index (κ3) is 4.05. The highest BCUT2D eigenvalue weighted by molar-refractivity contribution is 5.92. The van der Waals surface area contributed by atoms with Gasteiger partial charge < -0.3 is 20.3 Å². The van der Waals surface area contributed by atoms with Gasteiger partial charge in [0.25, 0.3) is 5.91 Å². The summed E-state index contributed by atoms with van der Waals surface area (Å²) in [5.41, 5.74) is 0.708. The van der Waals surface area contributed by atoms with E-state index in [4.69, 9.17) is 9.84 Å². The van der Waals surface area contributed by atoms with Crippen molar-refractivity contribution in [1.29, 1.82) is 0 Å². The zero-order valence-electron chi connectivity index (χ0n) is 12.6. The van der Waals surface area contributed by atoms with Crippen molar-refractivity contribution in [3.63, 3.8) is 0 Å². The van der Waals surface area contributed by atoms with E-state index in [1.165, 1.54) is 0 Å². The van der Waals surface area contributed by atoms with E-state index in [-0.39, 0.29) is 5.92 Å². The van der Waals surface area contributed by atoms with Crippen LogP contribution in [0.3, 0.4) is 0 Å². The van der Waals surface area contributed by atoms with Gasteiger partial charge in [-0.3, -0.25) is 4.79 Å². The molecule has 0 spiro atoms. The summed E-state index contributed by atoms with van der Waals surface area (Å²) in [6.45, 7) is 3.98. The lowest BCUT2D eigenvalue weighted by Crippen LogP contribution is -2.43. The van der Waals surface area contributed by atoms with Gasteiger partial charge in [0, 0.05) is 0 Å². The molecule has 1 fully saturated rings. The summed E-state index contributed by atoms with van der Waals surface area (Å²) >= 11 is 0. The summed E-state index contributed by atoms with van der Waals surface area (Å²) in [6, 6.07) is 8.57. The normalized spacial score (nSPS) is 22.9. The molecule has 1 heterocycles. The Kier molecular flexibility index (Phi) is 5.15. The molecule has 0 aliphatic carbocycles. The molecular formula is C16H21NO5. The number of hydrogen-bond acceptors (Lipinski definition) is 4. The van der Waals surface area contributed by atoms with Crippen molar-refractivity contribution >= 4 is 11.9 Å². The summed E-state index contributed by atoms with van der Waals surface area (Å²) < 4.78 is 4.84. The number of rotatable bonds is 7. The molecule has 1 amide bonds. The van der Waals surface area contributed by atoms with Gasteiger partial charge in [0.2, 0.25) is 0 Å². The zero-order valence-corrected chi connectivity index (χ0v) is 12.6. The molecule has 1 aliphatic rings. The van der Waals surface area contributed by atoms with Gasteiger partial charge in [-0.15, -0.1) is 0 Å². The minimum absolute atomic E-state index is 0.263. The zero-order chi connectivity index (χ0) is 16.3.